The number of aryl methyl sites for hydroxylation is 1. The first kappa shape index (κ1) is 24.8. The van der Waals surface area contributed by atoms with Gasteiger partial charge in [0.2, 0.25) is 0 Å². The van der Waals surface area contributed by atoms with E-state index in [2.05, 4.69) is 0 Å². The summed E-state index contributed by atoms with van der Waals surface area (Å²) in [4.78, 5) is 11.6. The SMILES string of the molecule is CC(C)(C)OC(=O)[C@@H](O)C(N)Cc1ccccc1.Cc1ccc(S(=O)(=O)O)cc1. The van der Waals surface area contributed by atoms with Crippen LogP contribution in [0.3, 0.4) is 0 Å². The Kier molecular flexibility index (Phi) is 8.97. The van der Waals surface area contributed by atoms with Crippen LogP contribution in [0.5, 0.6) is 0 Å². The van der Waals surface area contributed by atoms with Crippen molar-refractivity contribution in [1.29, 1.82) is 0 Å². The van der Waals surface area contributed by atoms with Crippen molar-refractivity contribution in [2.75, 3.05) is 0 Å². The molecule has 4 N–H and O–H groups in total. The molecule has 0 aromatic heterocycles. The van der Waals surface area contributed by atoms with Gasteiger partial charge in [-0.25, -0.2) is 4.79 Å². The number of nitrogens with two attached hydrogens (primary N) is 1. The molecule has 8 heteroatoms. The zero-order valence-corrected chi connectivity index (χ0v) is 17.9. The molecule has 29 heavy (non-hydrogen) atoms. The molecule has 0 amide bonds. The Labute approximate surface area is 172 Å². The number of aliphatic hydroxyl groups excluding tert-OH is 1. The van der Waals surface area contributed by atoms with Gasteiger partial charge in [0.1, 0.15) is 5.60 Å². The highest BCUT2D eigenvalue weighted by molar-refractivity contribution is 7.85. The zero-order valence-electron chi connectivity index (χ0n) is 17.1. The minimum absolute atomic E-state index is 0.0666. The Morgan fingerprint density at radius 2 is 1.59 bits per heavy atom. The van der Waals surface area contributed by atoms with Crippen LogP contribution in [0, 0.1) is 6.92 Å². The van der Waals surface area contributed by atoms with Crippen molar-refractivity contribution in [3.8, 4) is 0 Å². The van der Waals surface area contributed by atoms with Crippen molar-refractivity contribution < 1.29 is 27.6 Å². The summed E-state index contributed by atoms with van der Waals surface area (Å²) in [7, 11) is -4.02. The highest BCUT2D eigenvalue weighted by atomic mass is 32.2. The lowest BCUT2D eigenvalue weighted by Gasteiger charge is -2.24. The van der Waals surface area contributed by atoms with Gasteiger partial charge in [0.05, 0.1) is 4.90 Å². The minimum atomic E-state index is -4.02. The minimum Gasteiger partial charge on any atom is -0.458 e. The van der Waals surface area contributed by atoms with Crippen LogP contribution in [0.25, 0.3) is 0 Å². The lowest BCUT2D eigenvalue weighted by atomic mass is 10.0. The number of carbonyl (C=O) groups is 1. The predicted molar refractivity (Wildman–Crippen MR) is 111 cm³/mol. The average Bonchev–Trinajstić information content (AvgIpc) is 2.60. The smallest absolute Gasteiger partial charge is 0.337 e. The van der Waals surface area contributed by atoms with Gasteiger partial charge in [-0.1, -0.05) is 48.0 Å². The number of ether oxygens (including phenoxy) is 1. The van der Waals surface area contributed by atoms with Gasteiger partial charge in [-0.3, -0.25) is 4.55 Å². The van der Waals surface area contributed by atoms with Crippen LogP contribution < -0.4 is 5.73 Å². The maximum atomic E-state index is 11.6. The van der Waals surface area contributed by atoms with E-state index < -0.39 is 33.8 Å². The molecule has 0 aliphatic heterocycles. The molecule has 0 saturated heterocycles. The molecule has 0 bridgehead atoms. The standard InChI is InChI=1S/C14H21NO3.C7H8O3S/c1-14(2,3)18-13(17)12(16)11(15)9-10-7-5-4-6-8-10;1-6-2-4-7(5-3-6)11(8,9)10/h4-8,11-12,16H,9,15H2,1-3H3;2-5H,1H3,(H,8,9,10)/t11?,12-;/m0./s1. The summed E-state index contributed by atoms with van der Waals surface area (Å²) in [5, 5.41) is 9.81. The fourth-order valence-corrected chi connectivity index (χ4v) is 2.73. The summed E-state index contributed by atoms with van der Waals surface area (Å²) >= 11 is 0. The summed E-state index contributed by atoms with van der Waals surface area (Å²) in [6.07, 6.45) is -0.870. The molecule has 0 spiro atoms. The molecule has 0 fully saturated rings. The van der Waals surface area contributed by atoms with E-state index >= 15 is 0 Å². The number of hydrogen-bond donors (Lipinski definition) is 3. The first-order valence-corrected chi connectivity index (χ1v) is 10.5. The summed E-state index contributed by atoms with van der Waals surface area (Å²) in [5.41, 5.74) is 7.13. The van der Waals surface area contributed by atoms with Gasteiger partial charge >= 0.3 is 5.97 Å². The molecule has 2 aromatic rings. The summed E-state index contributed by atoms with van der Waals surface area (Å²) in [5.74, 6) is -0.675. The quantitative estimate of drug-likeness (QED) is 0.498. The van der Waals surface area contributed by atoms with Gasteiger partial charge in [0, 0.05) is 6.04 Å². The fraction of sp³-hybridized carbons (Fsp3) is 0.381. The third-order valence-electron chi connectivity index (χ3n) is 3.69. The number of benzene rings is 2. The van der Waals surface area contributed by atoms with Crippen molar-refractivity contribution in [3.63, 3.8) is 0 Å². The summed E-state index contributed by atoms with van der Waals surface area (Å²) in [6.45, 7) is 7.09. The van der Waals surface area contributed by atoms with Crippen LogP contribution in [0.1, 0.15) is 31.9 Å². The van der Waals surface area contributed by atoms with Gasteiger partial charge in [-0.2, -0.15) is 8.42 Å². The first-order chi connectivity index (χ1) is 13.3. The Morgan fingerprint density at radius 3 is 2.03 bits per heavy atom. The third kappa shape index (κ3) is 9.67. The van der Waals surface area contributed by atoms with Gasteiger partial charge < -0.3 is 15.6 Å². The highest BCUT2D eigenvalue weighted by Gasteiger charge is 2.28. The van der Waals surface area contributed by atoms with E-state index in [9.17, 15) is 18.3 Å². The zero-order chi connectivity index (χ0) is 22.2. The summed E-state index contributed by atoms with van der Waals surface area (Å²) < 4.78 is 34.6. The highest BCUT2D eigenvalue weighted by Crippen LogP contribution is 2.11. The number of carbonyl (C=O) groups excluding carboxylic acids is 1. The van der Waals surface area contributed by atoms with Gasteiger partial charge in [0.25, 0.3) is 10.1 Å². The fourth-order valence-electron chi connectivity index (χ4n) is 2.25. The maximum Gasteiger partial charge on any atom is 0.337 e. The van der Waals surface area contributed by atoms with Crippen molar-refractivity contribution in [2.45, 2.75) is 56.8 Å². The van der Waals surface area contributed by atoms with Crippen molar-refractivity contribution in [2.24, 2.45) is 5.73 Å². The van der Waals surface area contributed by atoms with Crippen LogP contribution in [0.4, 0.5) is 0 Å². The largest absolute Gasteiger partial charge is 0.458 e. The molecular formula is C21H29NO6S. The van der Waals surface area contributed by atoms with E-state index in [1.54, 1.807) is 32.9 Å². The Hall–Kier alpha value is -2.26. The molecule has 0 aliphatic rings. The maximum absolute atomic E-state index is 11.6. The van der Waals surface area contributed by atoms with E-state index in [1.165, 1.54) is 12.1 Å². The monoisotopic (exact) mass is 423 g/mol. The van der Waals surface area contributed by atoms with Gasteiger partial charge in [-0.15, -0.1) is 0 Å². The second-order valence-electron chi connectivity index (χ2n) is 7.62. The van der Waals surface area contributed by atoms with Crippen molar-refractivity contribution >= 4 is 16.1 Å². The average molecular weight is 424 g/mol. The number of rotatable bonds is 5. The Morgan fingerprint density at radius 1 is 1.07 bits per heavy atom. The molecule has 2 aromatic carbocycles. The Bertz CT molecular complexity index is 874. The third-order valence-corrected chi connectivity index (χ3v) is 4.55. The molecular weight excluding hydrogens is 394 g/mol. The van der Waals surface area contributed by atoms with Gasteiger partial charge in [-0.05, 0) is 51.8 Å². The number of hydrogen-bond acceptors (Lipinski definition) is 6. The topological polar surface area (TPSA) is 127 Å². The molecule has 1 unspecified atom stereocenters. The van der Waals surface area contributed by atoms with E-state index in [-0.39, 0.29) is 4.90 Å². The van der Waals surface area contributed by atoms with E-state index in [4.69, 9.17) is 15.0 Å². The second kappa shape index (κ2) is 10.5. The normalized spacial score (nSPS) is 13.6. The van der Waals surface area contributed by atoms with Crippen molar-refractivity contribution in [3.05, 3.63) is 65.7 Å². The van der Waals surface area contributed by atoms with Crippen LogP contribution in [-0.4, -0.2) is 41.8 Å². The predicted octanol–water partition coefficient (Wildman–Crippen LogP) is 2.50. The lowest BCUT2D eigenvalue weighted by Crippen LogP contribution is -2.45. The molecule has 160 valence electrons. The molecule has 7 nitrogen and oxygen atoms in total. The molecule has 0 aliphatic carbocycles. The second-order valence-corrected chi connectivity index (χ2v) is 9.04. The molecule has 0 radical (unpaired) electrons. The van der Waals surface area contributed by atoms with Crippen molar-refractivity contribution in [1.82, 2.24) is 0 Å². The molecule has 0 saturated carbocycles. The lowest BCUT2D eigenvalue weighted by molar-refractivity contribution is -0.166. The summed E-state index contributed by atoms with van der Waals surface area (Å²) in [6, 6.07) is 14.8. The van der Waals surface area contributed by atoms with E-state index in [0.29, 0.717) is 6.42 Å². The first-order valence-electron chi connectivity index (χ1n) is 9.04. The van der Waals surface area contributed by atoms with Crippen LogP contribution in [-0.2, 0) is 26.1 Å². The number of aliphatic hydroxyl groups is 1. The van der Waals surface area contributed by atoms with Crippen LogP contribution in [0.2, 0.25) is 0 Å². The van der Waals surface area contributed by atoms with E-state index in [0.717, 1.165) is 11.1 Å². The van der Waals surface area contributed by atoms with Gasteiger partial charge in [0.15, 0.2) is 6.10 Å². The van der Waals surface area contributed by atoms with Crippen LogP contribution in [0.15, 0.2) is 59.5 Å². The Balaban J connectivity index is 0.000000326. The number of esters is 1. The van der Waals surface area contributed by atoms with E-state index in [1.807, 2.05) is 37.3 Å². The molecule has 2 rings (SSSR count). The molecule has 2 atom stereocenters. The molecule has 0 heterocycles. The van der Waals surface area contributed by atoms with Crippen LogP contribution >= 0.6 is 0 Å².